The van der Waals surface area contributed by atoms with E-state index in [9.17, 15) is 24.0 Å². The standard InChI is InChI=1S/C20H23N7O7.Ca/c21-20-25-16-15(18(32)26-20)27(9-28)12(8-23-16)7-22-11-3-1-10(2-4-11)17(31)24-13(19(33)34)5-6-14(29)30;/h1-4,9,12-13,15,22H,5-8H2,(H,24,31)(H,29,30)(H,33,34)(H3,21,23,25,26,32);/t12?,13-,15?;/m0./s1. The Labute approximate surface area is 229 Å². The molecule has 1 aromatic carbocycles. The molecule has 2 radical (unpaired) electrons. The van der Waals surface area contributed by atoms with Gasteiger partial charge in [-0.25, -0.2) is 4.79 Å². The average molecular weight is 514 g/mol. The Hall–Kier alpha value is -3.23. The van der Waals surface area contributed by atoms with Crippen molar-refractivity contribution in [2.45, 2.75) is 31.0 Å². The number of amidine groups is 1. The Morgan fingerprint density at radius 1 is 1.26 bits per heavy atom. The zero-order chi connectivity index (χ0) is 24.8. The Bertz CT molecular complexity index is 1060. The van der Waals surface area contributed by atoms with Crippen LogP contribution in [0.15, 0.2) is 34.3 Å². The van der Waals surface area contributed by atoms with Crippen LogP contribution in [0.2, 0.25) is 0 Å². The van der Waals surface area contributed by atoms with Crippen molar-refractivity contribution in [2.75, 3.05) is 18.4 Å². The molecular formula is C20H23CaN7O7. The molecule has 0 saturated heterocycles. The molecule has 0 saturated carbocycles. The zero-order valence-corrected chi connectivity index (χ0v) is 20.7. The maximum atomic E-state index is 12.3. The van der Waals surface area contributed by atoms with Crippen LogP contribution in [0.25, 0.3) is 0 Å². The van der Waals surface area contributed by atoms with E-state index >= 15 is 0 Å². The molecule has 14 nitrogen and oxygen atoms in total. The average Bonchev–Trinajstić information content (AvgIpc) is 2.79. The van der Waals surface area contributed by atoms with Crippen molar-refractivity contribution in [3.63, 3.8) is 0 Å². The van der Waals surface area contributed by atoms with Crippen molar-refractivity contribution in [3.8, 4) is 0 Å². The van der Waals surface area contributed by atoms with Crippen molar-refractivity contribution < 1.29 is 34.2 Å². The second-order valence-electron chi connectivity index (χ2n) is 7.55. The first-order chi connectivity index (χ1) is 16.2. The quantitative estimate of drug-likeness (QED) is 0.148. The molecular weight excluding hydrogens is 490 g/mol. The van der Waals surface area contributed by atoms with Crippen LogP contribution in [-0.2, 0) is 19.2 Å². The topological polar surface area (TPSA) is 216 Å². The van der Waals surface area contributed by atoms with Gasteiger partial charge in [-0.05, 0) is 30.7 Å². The molecule has 2 unspecified atom stereocenters. The second kappa shape index (κ2) is 12.5. The Balaban J connectivity index is 0.00000432. The number of nitrogens with two attached hydrogens (primary N) is 1. The van der Waals surface area contributed by atoms with Crippen LogP contribution in [0.5, 0.6) is 0 Å². The fraction of sp³-hybridized carbons (Fsp3) is 0.350. The van der Waals surface area contributed by atoms with Gasteiger partial charge < -0.3 is 31.5 Å². The molecule has 0 bridgehead atoms. The molecule has 0 aromatic heterocycles. The number of benzene rings is 1. The van der Waals surface area contributed by atoms with E-state index in [0.29, 0.717) is 12.1 Å². The third-order valence-electron chi connectivity index (χ3n) is 5.22. The second-order valence-corrected chi connectivity index (χ2v) is 7.55. The number of aliphatic carboxylic acids is 2. The number of guanidine groups is 1. The molecule has 0 aliphatic carbocycles. The van der Waals surface area contributed by atoms with Gasteiger partial charge in [-0.2, -0.15) is 4.99 Å². The number of carbonyl (C=O) groups excluding carboxylic acids is 3. The molecule has 2 aliphatic heterocycles. The Morgan fingerprint density at radius 2 is 1.94 bits per heavy atom. The van der Waals surface area contributed by atoms with E-state index in [0.717, 1.165) is 0 Å². The summed E-state index contributed by atoms with van der Waals surface area (Å²) in [5, 5.41) is 25.7. The van der Waals surface area contributed by atoms with Gasteiger partial charge in [-0.15, -0.1) is 0 Å². The minimum absolute atomic E-state index is 0. The summed E-state index contributed by atoms with van der Waals surface area (Å²) in [5.74, 6) is -3.56. The summed E-state index contributed by atoms with van der Waals surface area (Å²) in [6.07, 6.45) is -0.0857. The molecule has 3 rings (SSSR count). The summed E-state index contributed by atoms with van der Waals surface area (Å²) in [6, 6.07) is 3.36. The fourth-order valence-electron chi connectivity index (χ4n) is 3.48. The number of nitrogens with one attached hydrogen (secondary N) is 3. The minimum atomic E-state index is -1.33. The van der Waals surface area contributed by atoms with E-state index in [1.807, 2.05) is 0 Å². The van der Waals surface area contributed by atoms with Crippen LogP contribution in [0.3, 0.4) is 0 Å². The predicted molar refractivity (Wildman–Crippen MR) is 124 cm³/mol. The minimum Gasteiger partial charge on any atom is -0.481 e. The number of amides is 3. The van der Waals surface area contributed by atoms with Crippen LogP contribution in [-0.4, -0.2) is 126 Å². The third-order valence-corrected chi connectivity index (χ3v) is 5.22. The first kappa shape index (κ1) is 28.0. The summed E-state index contributed by atoms with van der Waals surface area (Å²) in [7, 11) is 0. The van der Waals surface area contributed by atoms with E-state index < -0.39 is 48.3 Å². The summed E-state index contributed by atoms with van der Waals surface area (Å²) >= 11 is 0. The van der Waals surface area contributed by atoms with E-state index in [-0.39, 0.29) is 74.6 Å². The largest absolute Gasteiger partial charge is 0.481 e. The molecule has 35 heavy (non-hydrogen) atoms. The van der Waals surface area contributed by atoms with Crippen molar-refractivity contribution in [3.05, 3.63) is 29.8 Å². The predicted octanol–water partition coefficient (Wildman–Crippen LogP) is -2.18. The van der Waals surface area contributed by atoms with Crippen LogP contribution < -0.4 is 21.7 Å². The monoisotopic (exact) mass is 513 g/mol. The Morgan fingerprint density at radius 3 is 2.54 bits per heavy atom. The number of hydrogen-bond donors (Lipinski definition) is 6. The number of anilines is 1. The van der Waals surface area contributed by atoms with Crippen LogP contribution in [0.4, 0.5) is 5.69 Å². The van der Waals surface area contributed by atoms with Gasteiger partial charge in [0.2, 0.25) is 12.4 Å². The molecule has 182 valence electrons. The number of nitrogens with zero attached hydrogens (tertiary/aromatic N) is 3. The number of hydrogen-bond acceptors (Lipinski definition) is 9. The van der Waals surface area contributed by atoms with Gasteiger partial charge in [0.15, 0.2) is 11.9 Å². The molecule has 2 heterocycles. The molecule has 0 fully saturated rings. The van der Waals surface area contributed by atoms with E-state index in [4.69, 9.17) is 15.9 Å². The number of aliphatic imine (C=N–C) groups is 2. The van der Waals surface area contributed by atoms with Gasteiger partial charge in [0, 0.05) is 62.0 Å². The van der Waals surface area contributed by atoms with E-state index in [2.05, 4.69) is 25.9 Å². The maximum Gasteiger partial charge on any atom is 0.326 e. The van der Waals surface area contributed by atoms with E-state index in [1.165, 1.54) is 17.0 Å². The molecule has 2 aliphatic rings. The number of carbonyl (C=O) groups is 5. The van der Waals surface area contributed by atoms with Crippen LogP contribution in [0, 0.1) is 0 Å². The van der Waals surface area contributed by atoms with Gasteiger partial charge in [-0.3, -0.25) is 29.5 Å². The van der Waals surface area contributed by atoms with Crippen LogP contribution in [0.1, 0.15) is 23.2 Å². The molecule has 0 spiro atoms. The zero-order valence-electron chi connectivity index (χ0n) is 18.5. The molecule has 3 atom stereocenters. The van der Waals surface area contributed by atoms with Crippen LogP contribution >= 0.6 is 0 Å². The number of fused-ring (bicyclic) bond motifs is 1. The molecule has 7 N–H and O–H groups in total. The normalized spacial score (nSPS) is 19.5. The summed E-state index contributed by atoms with van der Waals surface area (Å²) in [5.41, 5.74) is 6.32. The summed E-state index contributed by atoms with van der Waals surface area (Å²) in [4.78, 5) is 67.7. The smallest absolute Gasteiger partial charge is 0.326 e. The van der Waals surface area contributed by atoms with Gasteiger partial charge in [0.05, 0.1) is 12.6 Å². The van der Waals surface area contributed by atoms with Crippen molar-refractivity contribution in [2.24, 2.45) is 15.7 Å². The number of carboxylic acids is 2. The summed E-state index contributed by atoms with van der Waals surface area (Å²) in [6.45, 7) is 0.454. The van der Waals surface area contributed by atoms with Gasteiger partial charge in [-0.1, -0.05) is 0 Å². The van der Waals surface area contributed by atoms with Gasteiger partial charge in [0.1, 0.15) is 6.04 Å². The first-order valence-corrected chi connectivity index (χ1v) is 10.2. The number of carboxylic acid groups (broad SMARTS) is 2. The SMILES string of the molecule is NC1=NC2=NCC(CNc3ccc(C(=O)N[C@@H](CCC(=O)O)C(=O)O)cc3)N(C=O)C2C(=O)N1.[Ca]. The van der Waals surface area contributed by atoms with Crippen molar-refractivity contribution in [1.29, 1.82) is 0 Å². The summed E-state index contributed by atoms with van der Waals surface area (Å²) < 4.78 is 0. The fourth-order valence-corrected chi connectivity index (χ4v) is 3.48. The Kier molecular flexibility index (Phi) is 9.98. The molecule has 1 aromatic rings. The maximum absolute atomic E-state index is 12.3. The third kappa shape index (κ3) is 7.13. The first-order valence-electron chi connectivity index (χ1n) is 10.2. The van der Waals surface area contributed by atoms with Crippen molar-refractivity contribution >= 4 is 85.4 Å². The van der Waals surface area contributed by atoms with E-state index in [1.54, 1.807) is 12.1 Å². The van der Waals surface area contributed by atoms with Gasteiger partial charge in [0.25, 0.3) is 11.8 Å². The number of rotatable bonds is 10. The molecule has 3 amide bonds. The van der Waals surface area contributed by atoms with Crippen molar-refractivity contribution in [1.82, 2.24) is 15.5 Å². The van der Waals surface area contributed by atoms with Gasteiger partial charge >= 0.3 is 11.9 Å². The molecule has 15 heteroatoms.